The van der Waals surface area contributed by atoms with Gasteiger partial charge in [-0.05, 0) is 36.8 Å². The van der Waals surface area contributed by atoms with Crippen LogP contribution in [0.15, 0.2) is 48.5 Å². The Kier molecular flexibility index (Phi) is 4.83. The highest BCUT2D eigenvalue weighted by atomic mass is 16.6. The molecule has 1 aliphatic rings. The van der Waals surface area contributed by atoms with Crippen LogP contribution in [0.3, 0.4) is 0 Å². The fourth-order valence-electron chi connectivity index (χ4n) is 3.08. The van der Waals surface area contributed by atoms with Crippen LogP contribution < -0.4 is 0 Å². The number of nitrogens with zero attached hydrogens (tertiary/aromatic N) is 2. The Hall–Kier alpha value is -3.39. The van der Waals surface area contributed by atoms with E-state index >= 15 is 0 Å². The summed E-state index contributed by atoms with van der Waals surface area (Å²) in [6, 6.07) is 11.5. The van der Waals surface area contributed by atoms with E-state index in [9.17, 15) is 29.6 Å². The van der Waals surface area contributed by atoms with Gasteiger partial charge >= 0.3 is 0 Å². The van der Waals surface area contributed by atoms with Crippen LogP contribution in [0.25, 0.3) is 0 Å². The molecule has 0 bridgehead atoms. The smallest absolute Gasteiger partial charge is 0.269 e. The maximum Gasteiger partial charge on any atom is 0.269 e. The number of ketones is 1. The van der Waals surface area contributed by atoms with E-state index in [0.29, 0.717) is 0 Å². The van der Waals surface area contributed by atoms with E-state index in [1.165, 1.54) is 43.3 Å². The molecule has 8 heteroatoms. The Labute approximate surface area is 154 Å². The van der Waals surface area contributed by atoms with Gasteiger partial charge in [-0.15, -0.1) is 0 Å². The number of Topliss-reactive ketones (excluding diaryl/α,β-unsaturated/α-hetero) is 1. The van der Waals surface area contributed by atoms with Crippen molar-refractivity contribution in [1.82, 2.24) is 4.90 Å². The largest absolute Gasteiger partial charge is 0.388 e. The molecule has 3 rings (SSSR count). The Morgan fingerprint density at radius 1 is 1.07 bits per heavy atom. The van der Waals surface area contributed by atoms with Crippen LogP contribution in [0.2, 0.25) is 0 Å². The summed E-state index contributed by atoms with van der Waals surface area (Å²) in [5.74, 6) is -2.48. The fraction of sp³-hybridized carbons (Fsp3) is 0.211. The highest BCUT2D eigenvalue weighted by Crippen LogP contribution is 2.29. The third kappa shape index (κ3) is 3.34. The first-order valence-corrected chi connectivity index (χ1v) is 8.19. The van der Waals surface area contributed by atoms with E-state index < -0.39 is 34.5 Å². The van der Waals surface area contributed by atoms with Crippen LogP contribution >= 0.6 is 0 Å². The SMILES string of the molecule is CC(=O)[C@@H](CN1C(=O)c2ccccc2C1=O)[C@@H](O)c1ccc([N+](=O)[O-])cc1. The molecule has 1 heterocycles. The second-order valence-corrected chi connectivity index (χ2v) is 6.28. The number of hydrogen-bond acceptors (Lipinski definition) is 6. The van der Waals surface area contributed by atoms with Gasteiger partial charge < -0.3 is 5.11 Å². The van der Waals surface area contributed by atoms with Gasteiger partial charge in [0.1, 0.15) is 5.78 Å². The maximum atomic E-state index is 12.5. The van der Waals surface area contributed by atoms with Crippen molar-refractivity contribution < 1.29 is 24.4 Å². The van der Waals surface area contributed by atoms with Gasteiger partial charge in [0.05, 0.1) is 28.1 Å². The van der Waals surface area contributed by atoms with Gasteiger partial charge in [0.25, 0.3) is 17.5 Å². The average Bonchev–Trinajstić information content (AvgIpc) is 2.90. The van der Waals surface area contributed by atoms with E-state index in [0.717, 1.165) is 4.90 Å². The topological polar surface area (TPSA) is 118 Å². The third-order valence-electron chi connectivity index (χ3n) is 4.61. The minimum atomic E-state index is -1.31. The van der Waals surface area contributed by atoms with Crippen molar-refractivity contribution in [2.75, 3.05) is 6.54 Å². The summed E-state index contributed by atoms with van der Waals surface area (Å²) in [4.78, 5) is 48.2. The molecule has 1 aliphatic heterocycles. The zero-order chi connectivity index (χ0) is 19.7. The predicted octanol–water partition coefficient (Wildman–Crippen LogP) is 2.13. The second kappa shape index (κ2) is 7.08. The number of amides is 2. The number of rotatable bonds is 6. The molecule has 2 atom stereocenters. The highest BCUT2D eigenvalue weighted by Gasteiger charge is 2.39. The Morgan fingerprint density at radius 2 is 1.59 bits per heavy atom. The van der Waals surface area contributed by atoms with Crippen molar-refractivity contribution in [2.45, 2.75) is 13.0 Å². The number of benzene rings is 2. The molecule has 2 aromatic carbocycles. The van der Waals surface area contributed by atoms with Gasteiger partial charge in [0.2, 0.25) is 0 Å². The van der Waals surface area contributed by atoms with Crippen molar-refractivity contribution >= 4 is 23.3 Å². The standard InChI is InChI=1S/C19H16N2O6/c1-11(22)16(17(23)12-6-8-13(9-7-12)21(26)27)10-20-18(24)14-4-2-3-5-15(14)19(20)25/h2-9,16-17,23H,10H2,1H3/t16-,17+/m1/s1. The summed E-state index contributed by atoms with van der Waals surface area (Å²) < 4.78 is 0. The minimum absolute atomic E-state index is 0.148. The van der Waals surface area contributed by atoms with Crippen molar-refractivity contribution in [3.8, 4) is 0 Å². The Bertz CT molecular complexity index is 902. The molecule has 0 spiro atoms. The number of fused-ring (bicyclic) bond motifs is 1. The number of non-ortho nitro benzene ring substituents is 1. The molecule has 2 aromatic rings. The normalized spacial score (nSPS) is 15.4. The molecule has 0 radical (unpaired) electrons. The molecular formula is C19H16N2O6. The van der Waals surface area contributed by atoms with Crippen LogP contribution in [0.4, 0.5) is 5.69 Å². The molecule has 0 aliphatic carbocycles. The zero-order valence-corrected chi connectivity index (χ0v) is 14.4. The van der Waals surface area contributed by atoms with Gasteiger partial charge in [-0.1, -0.05) is 12.1 Å². The number of carbonyl (C=O) groups is 3. The average molecular weight is 368 g/mol. The molecular weight excluding hydrogens is 352 g/mol. The first-order valence-electron chi connectivity index (χ1n) is 8.19. The van der Waals surface area contributed by atoms with Crippen molar-refractivity contribution in [3.05, 3.63) is 75.3 Å². The molecule has 0 fully saturated rings. The molecule has 8 nitrogen and oxygen atoms in total. The van der Waals surface area contributed by atoms with E-state index in [1.54, 1.807) is 12.1 Å². The van der Waals surface area contributed by atoms with Crippen molar-refractivity contribution in [2.24, 2.45) is 5.92 Å². The lowest BCUT2D eigenvalue weighted by molar-refractivity contribution is -0.384. The molecule has 138 valence electrons. The fourth-order valence-corrected chi connectivity index (χ4v) is 3.08. The molecule has 2 amide bonds. The second-order valence-electron chi connectivity index (χ2n) is 6.28. The van der Waals surface area contributed by atoms with Crippen LogP contribution in [-0.2, 0) is 4.79 Å². The quantitative estimate of drug-likeness (QED) is 0.474. The summed E-state index contributed by atoms with van der Waals surface area (Å²) in [6.45, 7) is 0.983. The first kappa shape index (κ1) is 18.4. The maximum absolute atomic E-state index is 12.5. The van der Waals surface area contributed by atoms with Crippen LogP contribution in [-0.4, -0.2) is 39.1 Å². The first-order chi connectivity index (χ1) is 12.8. The molecule has 0 saturated heterocycles. The number of nitro groups is 1. The number of hydrogen-bond donors (Lipinski definition) is 1. The summed E-state index contributed by atoms with van der Waals surface area (Å²) in [5, 5.41) is 21.3. The van der Waals surface area contributed by atoms with Gasteiger partial charge in [-0.2, -0.15) is 0 Å². The molecule has 0 saturated carbocycles. The van der Waals surface area contributed by atoms with Gasteiger partial charge in [0.15, 0.2) is 0 Å². The Morgan fingerprint density at radius 3 is 2.04 bits per heavy atom. The number of aliphatic hydroxyl groups excluding tert-OH is 1. The number of carbonyl (C=O) groups excluding carboxylic acids is 3. The summed E-state index contributed by atoms with van der Waals surface area (Å²) in [6.07, 6.45) is -1.31. The van der Waals surface area contributed by atoms with Gasteiger partial charge in [-0.3, -0.25) is 29.4 Å². The third-order valence-corrected chi connectivity index (χ3v) is 4.61. The molecule has 27 heavy (non-hydrogen) atoms. The summed E-state index contributed by atoms with van der Waals surface area (Å²) in [5.41, 5.74) is 0.660. The van der Waals surface area contributed by atoms with E-state index in [-0.39, 0.29) is 28.9 Å². The lowest BCUT2D eigenvalue weighted by atomic mass is 9.92. The minimum Gasteiger partial charge on any atom is -0.388 e. The summed E-state index contributed by atoms with van der Waals surface area (Å²) >= 11 is 0. The lowest BCUT2D eigenvalue weighted by Crippen LogP contribution is -2.39. The van der Waals surface area contributed by atoms with E-state index in [1.807, 2.05) is 0 Å². The Balaban J connectivity index is 1.84. The monoisotopic (exact) mass is 368 g/mol. The van der Waals surface area contributed by atoms with Gasteiger partial charge in [0, 0.05) is 18.7 Å². The van der Waals surface area contributed by atoms with E-state index in [4.69, 9.17) is 0 Å². The number of aliphatic hydroxyl groups is 1. The van der Waals surface area contributed by atoms with Crippen LogP contribution in [0.5, 0.6) is 0 Å². The van der Waals surface area contributed by atoms with Crippen molar-refractivity contribution in [1.29, 1.82) is 0 Å². The van der Waals surface area contributed by atoms with Crippen LogP contribution in [0.1, 0.15) is 39.3 Å². The van der Waals surface area contributed by atoms with Crippen LogP contribution in [0, 0.1) is 16.0 Å². The zero-order valence-electron chi connectivity index (χ0n) is 14.4. The van der Waals surface area contributed by atoms with Crippen molar-refractivity contribution in [3.63, 3.8) is 0 Å². The molecule has 0 aromatic heterocycles. The van der Waals surface area contributed by atoms with E-state index in [2.05, 4.69) is 0 Å². The lowest BCUT2D eigenvalue weighted by Gasteiger charge is -2.25. The number of imide groups is 1. The number of nitro benzene ring substituents is 1. The molecule has 0 unspecified atom stereocenters. The predicted molar refractivity (Wildman–Crippen MR) is 94.0 cm³/mol. The summed E-state index contributed by atoms with van der Waals surface area (Å²) in [7, 11) is 0. The van der Waals surface area contributed by atoms with Gasteiger partial charge in [-0.25, -0.2) is 0 Å². The highest BCUT2D eigenvalue weighted by molar-refractivity contribution is 6.21. The molecule has 1 N–H and O–H groups in total.